The molecule has 0 aromatic heterocycles. The van der Waals surface area contributed by atoms with Crippen LogP contribution < -0.4 is 11.3 Å². The van der Waals surface area contributed by atoms with Gasteiger partial charge in [0.25, 0.3) is 0 Å². The lowest BCUT2D eigenvalue weighted by molar-refractivity contribution is 0.478. The minimum Gasteiger partial charge on any atom is -0.271 e. The van der Waals surface area contributed by atoms with Crippen molar-refractivity contribution in [3.05, 3.63) is 35.4 Å². The van der Waals surface area contributed by atoms with Crippen molar-refractivity contribution >= 4 is 0 Å². The molecular formula is C10H12F2N2. The van der Waals surface area contributed by atoms with Gasteiger partial charge in [0.05, 0.1) is 0 Å². The van der Waals surface area contributed by atoms with Crippen LogP contribution in [0, 0.1) is 17.6 Å². The molecule has 0 amide bonds. The monoisotopic (exact) mass is 198 g/mol. The van der Waals surface area contributed by atoms with E-state index in [1.807, 2.05) is 0 Å². The van der Waals surface area contributed by atoms with Gasteiger partial charge < -0.3 is 0 Å². The molecule has 0 aliphatic heterocycles. The first-order valence-corrected chi connectivity index (χ1v) is 4.63. The first-order valence-electron chi connectivity index (χ1n) is 4.63. The molecule has 1 aliphatic carbocycles. The normalized spacial score (nSPS) is 18.2. The Morgan fingerprint density at radius 3 is 2.50 bits per heavy atom. The van der Waals surface area contributed by atoms with Gasteiger partial charge in [0.1, 0.15) is 0 Å². The maximum Gasteiger partial charge on any atom is 0.159 e. The third-order valence-electron chi connectivity index (χ3n) is 2.58. The van der Waals surface area contributed by atoms with E-state index in [0.717, 1.165) is 18.9 Å². The van der Waals surface area contributed by atoms with Crippen LogP contribution in [-0.4, -0.2) is 0 Å². The lowest BCUT2D eigenvalue weighted by atomic mass is 10.0. The Kier molecular flexibility index (Phi) is 2.48. The van der Waals surface area contributed by atoms with Crippen LogP contribution in [-0.2, 0) is 0 Å². The van der Waals surface area contributed by atoms with Gasteiger partial charge in [-0.3, -0.25) is 11.3 Å². The Hall–Kier alpha value is -1.00. The highest BCUT2D eigenvalue weighted by molar-refractivity contribution is 5.22. The topological polar surface area (TPSA) is 38.0 Å². The number of halogens is 2. The summed E-state index contributed by atoms with van der Waals surface area (Å²) >= 11 is 0. The van der Waals surface area contributed by atoms with Crippen molar-refractivity contribution in [2.24, 2.45) is 11.8 Å². The summed E-state index contributed by atoms with van der Waals surface area (Å²) in [4.78, 5) is 0. The molecule has 76 valence electrons. The van der Waals surface area contributed by atoms with Crippen molar-refractivity contribution in [3.8, 4) is 0 Å². The molecule has 1 atom stereocenters. The Morgan fingerprint density at radius 1 is 1.29 bits per heavy atom. The predicted octanol–water partition coefficient (Wildman–Crippen LogP) is 1.88. The Balaban J connectivity index is 2.25. The van der Waals surface area contributed by atoms with Crippen molar-refractivity contribution in [1.29, 1.82) is 0 Å². The molecule has 3 N–H and O–H groups in total. The average Bonchev–Trinajstić information content (AvgIpc) is 2.96. The molecule has 1 aliphatic rings. The van der Waals surface area contributed by atoms with E-state index in [4.69, 9.17) is 5.84 Å². The van der Waals surface area contributed by atoms with E-state index in [0.29, 0.717) is 11.5 Å². The lowest BCUT2D eigenvalue weighted by Gasteiger charge is -2.15. The molecule has 1 saturated carbocycles. The summed E-state index contributed by atoms with van der Waals surface area (Å²) in [5.74, 6) is 4.20. The van der Waals surface area contributed by atoms with Crippen molar-refractivity contribution in [2.45, 2.75) is 18.9 Å². The first kappa shape index (κ1) is 9.55. The summed E-state index contributed by atoms with van der Waals surface area (Å²) in [7, 11) is 0. The number of hydrazine groups is 1. The molecule has 0 bridgehead atoms. The van der Waals surface area contributed by atoms with E-state index < -0.39 is 11.6 Å². The quantitative estimate of drug-likeness (QED) is 0.575. The number of hydrogen-bond donors (Lipinski definition) is 2. The van der Waals surface area contributed by atoms with Gasteiger partial charge in [-0.1, -0.05) is 6.07 Å². The fourth-order valence-electron chi connectivity index (χ4n) is 1.64. The number of rotatable bonds is 3. The summed E-state index contributed by atoms with van der Waals surface area (Å²) in [5, 5.41) is 0. The first-order chi connectivity index (χ1) is 6.72. The van der Waals surface area contributed by atoms with E-state index in [1.54, 1.807) is 6.07 Å². The Labute approximate surface area is 81.1 Å². The molecule has 4 heteroatoms. The van der Waals surface area contributed by atoms with Crippen LogP contribution in [0.1, 0.15) is 24.4 Å². The summed E-state index contributed by atoms with van der Waals surface area (Å²) in [6.07, 6.45) is 2.18. The third kappa shape index (κ3) is 1.76. The SMILES string of the molecule is NNC(c1ccc(F)c(F)c1)C1CC1. The molecule has 1 fully saturated rings. The second-order valence-electron chi connectivity index (χ2n) is 3.66. The minimum atomic E-state index is -0.819. The highest BCUT2D eigenvalue weighted by Gasteiger charge is 2.31. The van der Waals surface area contributed by atoms with Gasteiger partial charge in [0, 0.05) is 6.04 Å². The standard InChI is InChI=1S/C10H12F2N2/c11-8-4-3-7(5-9(8)12)10(14-13)6-1-2-6/h3-6,10,14H,1-2,13H2. The van der Waals surface area contributed by atoms with Crippen LogP contribution >= 0.6 is 0 Å². The zero-order valence-electron chi connectivity index (χ0n) is 7.63. The van der Waals surface area contributed by atoms with Gasteiger partial charge in [0.2, 0.25) is 0 Å². The van der Waals surface area contributed by atoms with E-state index in [1.165, 1.54) is 6.07 Å². The summed E-state index contributed by atoms with van der Waals surface area (Å²) in [5.41, 5.74) is 3.35. The summed E-state index contributed by atoms with van der Waals surface area (Å²) in [6.45, 7) is 0. The maximum absolute atomic E-state index is 12.9. The molecule has 1 aromatic rings. The second kappa shape index (κ2) is 3.63. The molecule has 14 heavy (non-hydrogen) atoms. The largest absolute Gasteiger partial charge is 0.271 e. The summed E-state index contributed by atoms with van der Waals surface area (Å²) < 4.78 is 25.6. The van der Waals surface area contributed by atoms with E-state index in [9.17, 15) is 8.78 Å². The number of nitrogens with one attached hydrogen (secondary N) is 1. The third-order valence-corrected chi connectivity index (χ3v) is 2.58. The molecule has 2 nitrogen and oxygen atoms in total. The second-order valence-corrected chi connectivity index (χ2v) is 3.66. The molecule has 0 saturated heterocycles. The van der Waals surface area contributed by atoms with Crippen LogP contribution in [0.25, 0.3) is 0 Å². The fourth-order valence-corrected chi connectivity index (χ4v) is 1.64. The molecule has 1 aromatic carbocycles. The molecule has 0 heterocycles. The molecule has 2 rings (SSSR count). The van der Waals surface area contributed by atoms with Crippen LogP contribution in [0.15, 0.2) is 18.2 Å². The van der Waals surface area contributed by atoms with Gasteiger partial charge in [-0.15, -0.1) is 0 Å². The van der Waals surface area contributed by atoms with Crippen LogP contribution in [0.2, 0.25) is 0 Å². The van der Waals surface area contributed by atoms with Crippen molar-refractivity contribution in [2.75, 3.05) is 0 Å². The van der Waals surface area contributed by atoms with Gasteiger partial charge in [-0.2, -0.15) is 0 Å². The van der Waals surface area contributed by atoms with Gasteiger partial charge in [-0.25, -0.2) is 8.78 Å². The molecular weight excluding hydrogens is 186 g/mol. The van der Waals surface area contributed by atoms with Crippen LogP contribution in [0.4, 0.5) is 8.78 Å². The molecule has 0 radical (unpaired) electrons. The van der Waals surface area contributed by atoms with Gasteiger partial charge >= 0.3 is 0 Å². The van der Waals surface area contributed by atoms with Crippen molar-refractivity contribution < 1.29 is 8.78 Å². The fraction of sp³-hybridized carbons (Fsp3) is 0.400. The average molecular weight is 198 g/mol. The maximum atomic E-state index is 12.9. The highest BCUT2D eigenvalue weighted by Crippen LogP contribution is 2.40. The summed E-state index contributed by atoms with van der Waals surface area (Å²) in [6, 6.07) is 3.86. The Bertz CT molecular complexity index is 337. The Morgan fingerprint density at radius 2 is 2.00 bits per heavy atom. The van der Waals surface area contributed by atoms with E-state index in [2.05, 4.69) is 5.43 Å². The van der Waals surface area contributed by atoms with Crippen molar-refractivity contribution in [3.63, 3.8) is 0 Å². The smallest absolute Gasteiger partial charge is 0.159 e. The van der Waals surface area contributed by atoms with Crippen LogP contribution in [0.3, 0.4) is 0 Å². The minimum absolute atomic E-state index is 0.0508. The number of nitrogens with two attached hydrogens (primary N) is 1. The molecule has 0 spiro atoms. The number of benzene rings is 1. The number of hydrogen-bond acceptors (Lipinski definition) is 2. The van der Waals surface area contributed by atoms with E-state index >= 15 is 0 Å². The zero-order chi connectivity index (χ0) is 10.1. The van der Waals surface area contributed by atoms with Gasteiger partial charge in [0.15, 0.2) is 11.6 Å². The van der Waals surface area contributed by atoms with Gasteiger partial charge in [-0.05, 0) is 36.5 Å². The van der Waals surface area contributed by atoms with E-state index in [-0.39, 0.29) is 6.04 Å². The highest BCUT2D eigenvalue weighted by atomic mass is 19.2. The molecule has 1 unspecified atom stereocenters. The zero-order valence-corrected chi connectivity index (χ0v) is 7.63. The predicted molar refractivity (Wildman–Crippen MR) is 49.1 cm³/mol. The van der Waals surface area contributed by atoms with Crippen molar-refractivity contribution in [1.82, 2.24) is 5.43 Å². The van der Waals surface area contributed by atoms with Crippen LogP contribution in [0.5, 0.6) is 0 Å². The lowest BCUT2D eigenvalue weighted by Crippen LogP contribution is -2.29.